The molecule has 4 aliphatic heterocycles. The Kier molecular flexibility index (Phi) is 24.2. The van der Waals surface area contributed by atoms with Crippen molar-refractivity contribution >= 4 is 22.7 Å². The van der Waals surface area contributed by atoms with Gasteiger partial charge in [0.05, 0.1) is 70.0 Å². The van der Waals surface area contributed by atoms with E-state index in [0.717, 1.165) is 110 Å². The van der Waals surface area contributed by atoms with Crippen molar-refractivity contribution < 1.29 is 68.5 Å². The molecule has 0 aliphatic carbocycles. The number of para-hydroxylation sites is 2. The van der Waals surface area contributed by atoms with E-state index < -0.39 is 6.36 Å². The third-order valence-corrected chi connectivity index (χ3v) is 19.1. The van der Waals surface area contributed by atoms with Crippen LogP contribution in [0.4, 0.5) is 44.7 Å². The van der Waals surface area contributed by atoms with Crippen LogP contribution in [0.25, 0.3) is 91.4 Å². The van der Waals surface area contributed by atoms with Gasteiger partial charge in [-0.15, -0.1) is 13.2 Å². The number of anilines is 4. The van der Waals surface area contributed by atoms with Crippen LogP contribution in [0.3, 0.4) is 0 Å². The van der Waals surface area contributed by atoms with Gasteiger partial charge in [-0.25, -0.2) is 8.78 Å². The van der Waals surface area contributed by atoms with E-state index in [2.05, 4.69) is 122 Å². The minimum absolute atomic E-state index is 0.0229. The predicted octanol–water partition coefficient (Wildman–Crippen LogP) is 17.7. The fourth-order valence-corrected chi connectivity index (χ4v) is 13.7. The molecule has 0 N–H and O–H groups in total. The smallest absolute Gasteiger partial charge is 0.496 e. The zero-order valence-corrected chi connectivity index (χ0v) is 61.6. The average molecular weight is 1490 g/mol. The summed E-state index contributed by atoms with van der Waals surface area (Å²) in [4.78, 5) is 27.2. The third-order valence-electron chi connectivity index (χ3n) is 19.1. The number of rotatable bonds is 16. The summed E-state index contributed by atoms with van der Waals surface area (Å²) in [7, 11) is 4.69. The first-order valence-electron chi connectivity index (χ1n) is 36.1. The molecule has 109 heavy (non-hydrogen) atoms. The van der Waals surface area contributed by atoms with Crippen LogP contribution in [0.15, 0.2) is 176 Å². The molecule has 0 amide bonds. The van der Waals surface area contributed by atoms with Crippen LogP contribution in [0.2, 0.25) is 0 Å². The molecule has 566 valence electrons. The van der Waals surface area contributed by atoms with Crippen LogP contribution >= 0.6 is 0 Å². The Balaban J connectivity index is 0.000000128. The fraction of sp³-hybridized carbons (Fsp3) is 0.317. The lowest BCUT2D eigenvalue weighted by molar-refractivity contribution is -0.274. The highest BCUT2D eigenvalue weighted by atomic mass is 19.4. The summed E-state index contributed by atoms with van der Waals surface area (Å²) >= 11 is 0. The van der Waals surface area contributed by atoms with Crippen LogP contribution in [0.5, 0.6) is 23.0 Å². The lowest BCUT2D eigenvalue weighted by Gasteiger charge is -2.30. The minimum atomic E-state index is -4.81. The molecule has 16 rings (SSSR count). The van der Waals surface area contributed by atoms with Gasteiger partial charge < -0.3 is 66.1 Å². The Morgan fingerprint density at radius 2 is 0.624 bits per heavy atom. The first-order chi connectivity index (χ1) is 53.0. The molecule has 0 atom stereocenters. The molecule has 4 fully saturated rings. The maximum absolute atomic E-state index is 13.6. The quantitative estimate of drug-likeness (QED) is 0.0820. The third kappa shape index (κ3) is 18.5. The van der Waals surface area contributed by atoms with Crippen LogP contribution in [-0.4, -0.2) is 147 Å². The molecule has 0 bridgehead atoms. The maximum atomic E-state index is 13.6. The van der Waals surface area contributed by atoms with Crippen LogP contribution in [-0.2, 0) is 9.47 Å². The Bertz CT molecular complexity index is 4890. The summed E-state index contributed by atoms with van der Waals surface area (Å²) in [5.74, 6) is 3.27. The molecule has 27 heteroatoms. The molecule has 0 saturated carbocycles. The zero-order chi connectivity index (χ0) is 76.0. The molecule has 4 aromatic heterocycles. The number of piperidine rings is 2. The van der Waals surface area contributed by atoms with Crippen molar-refractivity contribution in [2.45, 2.75) is 72.6 Å². The highest BCUT2D eigenvalue weighted by Gasteiger charge is 2.33. The Hall–Kier alpha value is -11.7. The lowest BCUT2D eigenvalue weighted by Crippen LogP contribution is -2.36. The Labute approximate surface area is 627 Å². The van der Waals surface area contributed by atoms with Gasteiger partial charge in [-0.3, -0.25) is 0 Å². The number of aromatic nitrogens is 8. The van der Waals surface area contributed by atoms with Gasteiger partial charge in [0, 0.05) is 97.4 Å². The largest absolute Gasteiger partial charge is 0.573 e. The van der Waals surface area contributed by atoms with Gasteiger partial charge in [-0.2, -0.15) is 19.9 Å². The van der Waals surface area contributed by atoms with Crippen molar-refractivity contribution in [2.75, 3.05) is 120 Å². The van der Waals surface area contributed by atoms with Crippen molar-refractivity contribution in [3.8, 4) is 114 Å². The zero-order valence-electron chi connectivity index (χ0n) is 61.6. The van der Waals surface area contributed by atoms with Crippen molar-refractivity contribution in [1.82, 2.24) is 40.6 Å². The van der Waals surface area contributed by atoms with Crippen LogP contribution in [0.1, 0.15) is 60.8 Å². The monoisotopic (exact) mass is 1490 g/mol. The van der Waals surface area contributed by atoms with Gasteiger partial charge in [-0.1, -0.05) is 44.9 Å². The number of halogens is 5. The topological polar surface area (TPSA) is 224 Å². The van der Waals surface area contributed by atoms with Crippen molar-refractivity contribution in [2.24, 2.45) is 0 Å². The van der Waals surface area contributed by atoms with E-state index in [4.69, 9.17) is 41.8 Å². The highest BCUT2D eigenvalue weighted by Crippen LogP contribution is 2.39. The van der Waals surface area contributed by atoms with Crippen molar-refractivity contribution in [3.63, 3.8) is 0 Å². The van der Waals surface area contributed by atoms with E-state index in [-0.39, 0.29) is 40.5 Å². The number of nitrogens with zero attached hydrogens (tertiary/aromatic N) is 12. The van der Waals surface area contributed by atoms with Gasteiger partial charge in [0.15, 0.2) is 0 Å². The highest BCUT2D eigenvalue weighted by molar-refractivity contribution is 5.73. The second-order valence-corrected chi connectivity index (χ2v) is 26.4. The number of hydrogen-bond donors (Lipinski definition) is 0. The number of alkyl halides is 3. The second kappa shape index (κ2) is 34.9. The molecule has 4 aliphatic rings. The van der Waals surface area contributed by atoms with E-state index in [1.165, 1.54) is 123 Å². The van der Waals surface area contributed by atoms with Gasteiger partial charge in [0.1, 0.15) is 34.6 Å². The lowest BCUT2D eigenvalue weighted by atomic mass is 10.1. The molecule has 8 heterocycles. The van der Waals surface area contributed by atoms with Gasteiger partial charge in [0.2, 0.25) is 23.3 Å². The number of methoxy groups -OCH3 is 3. The van der Waals surface area contributed by atoms with E-state index in [0.29, 0.717) is 70.7 Å². The number of morpholine rings is 2. The molecule has 0 spiro atoms. The number of benzene rings is 8. The Morgan fingerprint density at radius 1 is 0.330 bits per heavy atom. The average Bonchev–Trinajstić information content (AvgIpc) is 1.57. The maximum Gasteiger partial charge on any atom is 0.573 e. The minimum Gasteiger partial charge on any atom is -0.496 e. The molecule has 22 nitrogen and oxygen atoms in total. The fourth-order valence-electron chi connectivity index (χ4n) is 13.7. The summed E-state index contributed by atoms with van der Waals surface area (Å²) in [5.41, 5.74) is 14.5. The normalized spacial score (nSPS) is 14.5. The summed E-state index contributed by atoms with van der Waals surface area (Å²) in [5, 5.41) is 16.0. The second-order valence-electron chi connectivity index (χ2n) is 26.4. The molecule has 4 saturated heterocycles. The van der Waals surface area contributed by atoms with Gasteiger partial charge in [-0.05, 0) is 222 Å². The molecule has 12 aromatic rings. The summed E-state index contributed by atoms with van der Waals surface area (Å²) in [6.45, 7) is 19.0. The van der Waals surface area contributed by atoms with Gasteiger partial charge in [0.25, 0.3) is 23.6 Å². The van der Waals surface area contributed by atoms with E-state index in [1.54, 1.807) is 25.3 Å². The summed E-state index contributed by atoms with van der Waals surface area (Å²) < 4.78 is 118. The number of hydrogen-bond acceptors (Lipinski definition) is 22. The first-order valence-corrected chi connectivity index (χ1v) is 36.1. The Morgan fingerprint density at radius 3 is 0.945 bits per heavy atom. The number of ether oxygens (including phenoxy) is 6. The van der Waals surface area contributed by atoms with E-state index in [1.807, 2.05) is 67.6 Å². The van der Waals surface area contributed by atoms with E-state index >= 15 is 0 Å². The SMILES string of the molecule is COc1ccc(F)cc1-c1noc(-c2ccc(N3CCCCC3)c(C)c2)n1.COc1ccc(F)cc1-c1noc(-c2ccc(N3CCOCC3)c(C)c2)n1.COc1ccccc1-c1noc(-c2ccc(N3CCCCC3)c(C)c2)n1.Cc1cc(-c2nc(-c3ccccc3OC(F)(F)F)no2)ccc1N1CCOCC1. The molecule has 8 aromatic carbocycles. The van der Waals surface area contributed by atoms with Crippen LogP contribution in [0, 0.1) is 39.3 Å². The van der Waals surface area contributed by atoms with Gasteiger partial charge >= 0.3 is 6.36 Å². The molecule has 0 radical (unpaired) electrons. The number of aryl methyl sites for hydroxylation is 4. The van der Waals surface area contributed by atoms with Crippen molar-refractivity contribution in [3.05, 3.63) is 192 Å². The van der Waals surface area contributed by atoms with E-state index in [9.17, 15) is 22.0 Å². The summed E-state index contributed by atoms with van der Waals surface area (Å²) in [6.07, 6.45) is 2.85. The standard InChI is InChI=1S/C21H22FN3O2.C21H23N3O2.C20H18F3N3O3.C20H20FN3O3/c1-14-12-15(6-8-18(14)25-10-4-3-5-11-25)21-23-20(24-27-21)17-13-16(22)7-9-19(17)26-2;1-15-14-16(10-11-18(15)24-12-6-3-7-13-24)21-22-20(23-26-21)17-8-4-5-9-19(17)25-2;1-13-12-14(6-7-16(13)26-8-10-27-11-9-26)19-24-18(25-29-19)15-4-2-3-5-17(15)28-20(21,22)23;1-13-11-14(3-5-17(13)24-7-9-26-10-8-24)20-22-19(23-27-20)16-12-15(21)4-6-18(16)25-2/h6-9,12-13H,3-5,10-11H2,1-2H3;4-5,8-11,14H,3,6-7,12-13H2,1-2H3;2-7,12H,8-11H2,1H3;3-6,11-12H,7-10H2,1-2H3. The van der Waals surface area contributed by atoms with Crippen LogP contribution < -0.4 is 38.5 Å². The predicted molar refractivity (Wildman–Crippen MR) is 404 cm³/mol. The molecular formula is C82H83F5N12O10. The summed E-state index contributed by atoms with van der Waals surface area (Å²) in [6, 6.07) is 46.1. The van der Waals surface area contributed by atoms with Crippen molar-refractivity contribution in [1.29, 1.82) is 0 Å². The molecular weight excluding hydrogens is 1410 g/mol. The molecule has 0 unspecified atom stereocenters. The first kappa shape index (κ1) is 75.5.